The summed E-state index contributed by atoms with van der Waals surface area (Å²) in [5.41, 5.74) is -0.587. The van der Waals surface area contributed by atoms with Crippen molar-refractivity contribution >= 4 is 20.0 Å². The first-order valence-electron chi connectivity index (χ1n) is 9.61. The van der Waals surface area contributed by atoms with E-state index in [1.807, 2.05) is 20.8 Å². The third kappa shape index (κ3) is 6.46. The lowest BCUT2D eigenvalue weighted by atomic mass is 10.1. The van der Waals surface area contributed by atoms with Crippen molar-refractivity contribution in [2.75, 3.05) is 13.2 Å². The molecule has 0 aliphatic carbocycles. The average Bonchev–Trinajstić information content (AvgIpc) is 3.17. The van der Waals surface area contributed by atoms with Gasteiger partial charge in [0, 0.05) is 33.6 Å². The number of carbonyl (C=O) groups is 2. The number of Topliss-reactive ketones (excluding diaryl/α,β-unsaturated/α-hetero) is 1. The smallest absolute Gasteiger partial charge is 0.410 e. The molecule has 0 saturated carbocycles. The topological polar surface area (TPSA) is 73.7 Å². The highest BCUT2D eigenvalue weighted by Gasteiger charge is 2.38. The normalized spacial score (nSPS) is 18.0. The summed E-state index contributed by atoms with van der Waals surface area (Å²) >= 11 is 0. The zero-order valence-electron chi connectivity index (χ0n) is 17.4. The largest absolute Gasteiger partial charge is 0.444 e. The van der Waals surface area contributed by atoms with E-state index in [0.717, 1.165) is 12.5 Å². The fraction of sp³-hybridized carbons (Fsp3) is 0.737. The van der Waals surface area contributed by atoms with Crippen LogP contribution in [0.2, 0.25) is 25.7 Å². The van der Waals surface area contributed by atoms with Crippen LogP contribution < -0.4 is 0 Å². The van der Waals surface area contributed by atoms with Gasteiger partial charge in [0.1, 0.15) is 18.4 Å². The molecule has 0 bridgehead atoms. The molecule has 1 atom stereocenters. The molecule has 0 spiro atoms. The second-order valence-corrected chi connectivity index (χ2v) is 14.9. The van der Waals surface area contributed by atoms with Crippen LogP contribution in [0, 0.1) is 0 Å². The maximum absolute atomic E-state index is 13.0. The van der Waals surface area contributed by atoms with Crippen molar-refractivity contribution in [2.45, 2.75) is 77.7 Å². The van der Waals surface area contributed by atoms with Gasteiger partial charge < -0.3 is 14.0 Å². The van der Waals surface area contributed by atoms with Crippen LogP contribution in [0.5, 0.6) is 0 Å². The van der Waals surface area contributed by atoms with Gasteiger partial charge in [-0.2, -0.15) is 0 Å². The Kier molecular flexibility index (Phi) is 6.86. The molecule has 1 aliphatic rings. The predicted molar refractivity (Wildman–Crippen MR) is 107 cm³/mol. The SMILES string of the molecule is CC(C)(C)OC(=O)N1CCC[C@H]1C(=O)c1nccn1COCC[Si](C)(C)C. The van der Waals surface area contributed by atoms with Gasteiger partial charge >= 0.3 is 6.09 Å². The molecule has 7 nitrogen and oxygen atoms in total. The number of rotatable bonds is 7. The Balaban J connectivity index is 2.00. The van der Waals surface area contributed by atoms with Crippen molar-refractivity contribution in [3.8, 4) is 0 Å². The molecule has 2 heterocycles. The van der Waals surface area contributed by atoms with Crippen LogP contribution in [0.3, 0.4) is 0 Å². The van der Waals surface area contributed by atoms with Crippen molar-refractivity contribution in [1.82, 2.24) is 14.5 Å². The highest BCUT2D eigenvalue weighted by atomic mass is 28.3. The molecule has 0 N–H and O–H groups in total. The number of imidazole rings is 1. The number of ketones is 1. The summed E-state index contributed by atoms with van der Waals surface area (Å²) in [7, 11) is -1.15. The van der Waals surface area contributed by atoms with Gasteiger partial charge in [-0.3, -0.25) is 9.69 Å². The summed E-state index contributed by atoms with van der Waals surface area (Å²) < 4.78 is 12.9. The molecule has 1 amide bonds. The zero-order chi connectivity index (χ0) is 20.2. The third-order valence-electron chi connectivity index (χ3n) is 4.35. The zero-order valence-corrected chi connectivity index (χ0v) is 18.4. The molecule has 2 rings (SSSR count). The lowest BCUT2D eigenvalue weighted by Crippen LogP contribution is -2.44. The van der Waals surface area contributed by atoms with Gasteiger partial charge in [0.2, 0.25) is 5.78 Å². The number of ether oxygens (including phenoxy) is 2. The van der Waals surface area contributed by atoms with Crippen LogP contribution in [0.1, 0.15) is 44.2 Å². The van der Waals surface area contributed by atoms with Crippen molar-refractivity contribution in [3.05, 3.63) is 18.2 Å². The van der Waals surface area contributed by atoms with Crippen LogP contribution in [0.15, 0.2) is 12.4 Å². The van der Waals surface area contributed by atoms with Crippen LogP contribution in [0.4, 0.5) is 4.79 Å². The number of likely N-dealkylation sites (tertiary alicyclic amines) is 1. The molecule has 0 aromatic carbocycles. The molecule has 1 aromatic rings. The highest BCUT2D eigenvalue weighted by Crippen LogP contribution is 2.23. The van der Waals surface area contributed by atoms with E-state index in [2.05, 4.69) is 24.6 Å². The van der Waals surface area contributed by atoms with Gasteiger partial charge in [0.25, 0.3) is 0 Å². The van der Waals surface area contributed by atoms with Crippen molar-refractivity contribution in [3.63, 3.8) is 0 Å². The monoisotopic (exact) mass is 395 g/mol. The molecule has 152 valence electrons. The number of carbonyl (C=O) groups excluding carboxylic acids is 2. The van der Waals surface area contributed by atoms with E-state index in [-0.39, 0.29) is 5.78 Å². The molecule has 1 aromatic heterocycles. The Bertz CT molecular complexity index is 661. The van der Waals surface area contributed by atoms with E-state index < -0.39 is 25.8 Å². The Labute approximate surface area is 163 Å². The average molecular weight is 396 g/mol. The third-order valence-corrected chi connectivity index (χ3v) is 6.05. The maximum atomic E-state index is 13.0. The van der Waals surface area contributed by atoms with Crippen LogP contribution >= 0.6 is 0 Å². The van der Waals surface area contributed by atoms with Gasteiger partial charge in [-0.15, -0.1) is 0 Å². The fourth-order valence-corrected chi connectivity index (χ4v) is 3.66. The molecule has 1 fully saturated rings. The number of amides is 1. The Morgan fingerprint density at radius 3 is 2.63 bits per heavy atom. The van der Waals surface area contributed by atoms with Gasteiger partial charge in [-0.05, 0) is 39.7 Å². The van der Waals surface area contributed by atoms with E-state index in [1.54, 1.807) is 17.0 Å². The molecule has 0 unspecified atom stereocenters. The Hall–Kier alpha value is -1.67. The van der Waals surface area contributed by atoms with E-state index >= 15 is 0 Å². The number of hydrogen-bond acceptors (Lipinski definition) is 5. The summed E-state index contributed by atoms with van der Waals surface area (Å²) in [5.74, 6) is 0.181. The first-order valence-corrected chi connectivity index (χ1v) is 13.3. The first-order chi connectivity index (χ1) is 12.5. The molecule has 8 heteroatoms. The van der Waals surface area contributed by atoms with E-state index in [9.17, 15) is 9.59 Å². The minimum absolute atomic E-state index is 0.155. The van der Waals surface area contributed by atoms with Crippen molar-refractivity contribution in [2.24, 2.45) is 0 Å². The van der Waals surface area contributed by atoms with Gasteiger partial charge in [-0.25, -0.2) is 9.78 Å². The predicted octanol–water partition coefficient (Wildman–Crippen LogP) is 3.78. The molecule has 1 aliphatic heterocycles. The summed E-state index contributed by atoms with van der Waals surface area (Å²) in [6, 6.07) is 0.544. The number of aromatic nitrogens is 2. The maximum Gasteiger partial charge on any atom is 0.410 e. The van der Waals surface area contributed by atoms with Crippen LogP contribution in [0.25, 0.3) is 0 Å². The first kappa shape index (κ1) is 21.6. The molecular weight excluding hydrogens is 362 g/mol. The standard InChI is InChI=1S/C19H33N3O4Si/c1-19(2,3)26-18(24)22-10-7-8-15(22)16(23)17-20-9-11-21(17)14-25-12-13-27(4,5)6/h9,11,15H,7-8,10,12-14H2,1-6H3/t15-/m0/s1. The van der Waals surface area contributed by atoms with E-state index in [4.69, 9.17) is 9.47 Å². The molecule has 27 heavy (non-hydrogen) atoms. The van der Waals surface area contributed by atoms with Crippen molar-refractivity contribution in [1.29, 1.82) is 0 Å². The fourth-order valence-electron chi connectivity index (χ4n) is 2.91. The minimum atomic E-state index is -1.15. The van der Waals surface area contributed by atoms with Crippen molar-refractivity contribution < 1.29 is 19.1 Å². The minimum Gasteiger partial charge on any atom is -0.444 e. The number of nitrogens with zero attached hydrogens (tertiary/aromatic N) is 3. The second kappa shape index (κ2) is 8.56. The molecular formula is C19H33N3O4Si. The second-order valence-electron chi connectivity index (χ2n) is 9.26. The summed E-state index contributed by atoms with van der Waals surface area (Å²) in [5, 5.41) is 0. The van der Waals surface area contributed by atoms with E-state index in [1.165, 1.54) is 4.90 Å². The lowest BCUT2D eigenvalue weighted by Gasteiger charge is -2.27. The van der Waals surface area contributed by atoms with Crippen LogP contribution in [-0.2, 0) is 16.2 Å². The molecule has 1 saturated heterocycles. The number of hydrogen-bond donors (Lipinski definition) is 0. The molecule has 0 radical (unpaired) electrons. The van der Waals surface area contributed by atoms with Gasteiger partial charge in [-0.1, -0.05) is 19.6 Å². The Morgan fingerprint density at radius 2 is 2.00 bits per heavy atom. The Morgan fingerprint density at radius 1 is 1.30 bits per heavy atom. The highest BCUT2D eigenvalue weighted by molar-refractivity contribution is 6.76. The van der Waals surface area contributed by atoms with Gasteiger partial charge in [0.05, 0.1) is 0 Å². The summed E-state index contributed by atoms with van der Waals surface area (Å²) in [4.78, 5) is 31.2. The van der Waals surface area contributed by atoms with E-state index in [0.29, 0.717) is 32.1 Å². The summed E-state index contributed by atoms with van der Waals surface area (Å²) in [6.45, 7) is 13.9. The summed E-state index contributed by atoms with van der Waals surface area (Å²) in [6.07, 6.45) is 4.31. The van der Waals surface area contributed by atoms with Gasteiger partial charge in [0.15, 0.2) is 5.82 Å². The van der Waals surface area contributed by atoms with Crippen LogP contribution in [-0.4, -0.2) is 59.2 Å². The lowest BCUT2D eigenvalue weighted by molar-refractivity contribution is 0.0219. The quantitative estimate of drug-likeness (QED) is 0.399.